The summed E-state index contributed by atoms with van der Waals surface area (Å²) in [4.78, 5) is 8.03. The number of thiazole rings is 1. The minimum Gasteiger partial charge on any atom is -0.391 e. The number of aryl methyl sites for hydroxylation is 1. The Morgan fingerprint density at radius 2 is 2.28 bits per heavy atom. The van der Waals surface area contributed by atoms with Gasteiger partial charge < -0.3 is 14.7 Å². The first-order valence-electron chi connectivity index (χ1n) is 6.53. The predicted octanol–water partition coefficient (Wildman–Crippen LogP) is 2.20. The molecule has 1 fully saturated rings. The fourth-order valence-corrected chi connectivity index (χ4v) is 3.41. The lowest BCUT2D eigenvalue weighted by molar-refractivity contribution is 0.0643. The monoisotopic (exact) mass is 270 g/mol. The van der Waals surface area contributed by atoms with Crippen LogP contribution in [-0.4, -0.2) is 35.4 Å². The van der Waals surface area contributed by atoms with Crippen molar-refractivity contribution in [2.24, 2.45) is 0 Å². The standard InChI is InChI=1S/C13H22N2O2S/c1-4-5-10-11(8-16)18-12(14-10)15-6-7-17-9-13(15,2)3/h16H,4-9H2,1-3H3. The van der Waals surface area contributed by atoms with E-state index in [4.69, 9.17) is 9.72 Å². The molecule has 5 heteroatoms. The summed E-state index contributed by atoms with van der Waals surface area (Å²) in [5.74, 6) is 0. The van der Waals surface area contributed by atoms with Gasteiger partial charge in [0.25, 0.3) is 0 Å². The summed E-state index contributed by atoms with van der Waals surface area (Å²) < 4.78 is 5.53. The Kier molecular flexibility index (Phi) is 4.25. The zero-order valence-corrected chi connectivity index (χ0v) is 12.2. The van der Waals surface area contributed by atoms with Crippen molar-refractivity contribution < 1.29 is 9.84 Å². The Morgan fingerprint density at radius 1 is 1.50 bits per heavy atom. The maximum absolute atomic E-state index is 9.41. The largest absolute Gasteiger partial charge is 0.391 e. The molecule has 2 heterocycles. The van der Waals surface area contributed by atoms with Crippen LogP contribution in [0.3, 0.4) is 0 Å². The van der Waals surface area contributed by atoms with Crippen LogP contribution < -0.4 is 4.90 Å². The molecule has 0 spiro atoms. The lowest BCUT2D eigenvalue weighted by Gasteiger charge is -2.42. The van der Waals surface area contributed by atoms with Crippen molar-refractivity contribution in [3.63, 3.8) is 0 Å². The SMILES string of the molecule is CCCc1nc(N2CCOCC2(C)C)sc1CO. The molecule has 18 heavy (non-hydrogen) atoms. The summed E-state index contributed by atoms with van der Waals surface area (Å²) in [7, 11) is 0. The van der Waals surface area contributed by atoms with E-state index in [1.54, 1.807) is 11.3 Å². The van der Waals surface area contributed by atoms with Gasteiger partial charge in [-0.3, -0.25) is 0 Å². The van der Waals surface area contributed by atoms with Gasteiger partial charge in [0.2, 0.25) is 0 Å². The number of aromatic nitrogens is 1. The smallest absolute Gasteiger partial charge is 0.186 e. The maximum atomic E-state index is 9.41. The van der Waals surface area contributed by atoms with Gasteiger partial charge in [0.15, 0.2) is 5.13 Å². The van der Waals surface area contributed by atoms with E-state index in [0.29, 0.717) is 0 Å². The van der Waals surface area contributed by atoms with Crippen LogP contribution in [0.25, 0.3) is 0 Å². The second kappa shape index (κ2) is 5.55. The van der Waals surface area contributed by atoms with E-state index in [1.165, 1.54) is 0 Å². The molecule has 2 rings (SSSR count). The number of aliphatic hydroxyl groups excluding tert-OH is 1. The fourth-order valence-electron chi connectivity index (χ4n) is 2.25. The maximum Gasteiger partial charge on any atom is 0.186 e. The molecule has 0 unspecified atom stereocenters. The number of ether oxygens (including phenoxy) is 1. The summed E-state index contributed by atoms with van der Waals surface area (Å²) in [5.41, 5.74) is 1.04. The summed E-state index contributed by atoms with van der Waals surface area (Å²) in [6.45, 7) is 8.93. The number of morpholine rings is 1. The summed E-state index contributed by atoms with van der Waals surface area (Å²) in [6, 6.07) is 0. The van der Waals surface area contributed by atoms with Gasteiger partial charge >= 0.3 is 0 Å². The minimum atomic E-state index is -0.0215. The molecule has 1 aromatic rings. The van der Waals surface area contributed by atoms with Gasteiger partial charge in [0, 0.05) is 6.54 Å². The lowest BCUT2D eigenvalue weighted by atomic mass is 10.0. The van der Waals surface area contributed by atoms with Crippen molar-refractivity contribution in [2.45, 2.75) is 45.8 Å². The highest BCUT2D eigenvalue weighted by Gasteiger charge is 2.33. The van der Waals surface area contributed by atoms with E-state index >= 15 is 0 Å². The number of nitrogens with zero attached hydrogens (tertiary/aromatic N) is 2. The quantitative estimate of drug-likeness (QED) is 0.911. The van der Waals surface area contributed by atoms with Gasteiger partial charge in [-0.25, -0.2) is 4.98 Å². The van der Waals surface area contributed by atoms with E-state index in [0.717, 1.165) is 48.3 Å². The van der Waals surface area contributed by atoms with Gasteiger partial charge in [-0.2, -0.15) is 0 Å². The molecule has 0 aromatic carbocycles. The topological polar surface area (TPSA) is 45.6 Å². The van der Waals surface area contributed by atoms with Crippen LogP contribution in [0.1, 0.15) is 37.8 Å². The first-order chi connectivity index (χ1) is 8.58. The van der Waals surface area contributed by atoms with Crippen LogP contribution in [0, 0.1) is 0 Å². The molecule has 0 aliphatic carbocycles. The van der Waals surface area contributed by atoms with Crippen LogP contribution in [0.5, 0.6) is 0 Å². The van der Waals surface area contributed by atoms with Crippen molar-refractivity contribution in [3.05, 3.63) is 10.6 Å². The van der Waals surface area contributed by atoms with Gasteiger partial charge in [0.05, 0.1) is 35.9 Å². The second-order valence-corrected chi connectivity index (χ2v) is 6.35. The highest BCUT2D eigenvalue weighted by Crippen LogP contribution is 2.33. The summed E-state index contributed by atoms with van der Waals surface area (Å²) in [6.07, 6.45) is 2.00. The first-order valence-corrected chi connectivity index (χ1v) is 7.35. The molecule has 1 aromatic heterocycles. The van der Waals surface area contributed by atoms with Crippen LogP contribution in [-0.2, 0) is 17.8 Å². The highest BCUT2D eigenvalue weighted by molar-refractivity contribution is 7.15. The highest BCUT2D eigenvalue weighted by atomic mass is 32.1. The Hall–Kier alpha value is -0.650. The van der Waals surface area contributed by atoms with Gasteiger partial charge in [-0.15, -0.1) is 0 Å². The molecule has 1 N–H and O–H groups in total. The van der Waals surface area contributed by atoms with Crippen molar-refractivity contribution in [3.8, 4) is 0 Å². The van der Waals surface area contributed by atoms with E-state index in [-0.39, 0.29) is 12.1 Å². The number of hydrogen-bond donors (Lipinski definition) is 1. The average molecular weight is 270 g/mol. The second-order valence-electron chi connectivity index (χ2n) is 5.29. The molecule has 1 saturated heterocycles. The zero-order valence-electron chi connectivity index (χ0n) is 11.4. The number of aliphatic hydroxyl groups is 1. The number of hydrogen-bond acceptors (Lipinski definition) is 5. The third-order valence-electron chi connectivity index (χ3n) is 3.27. The third kappa shape index (κ3) is 2.68. The summed E-state index contributed by atoms with van der Waals surface area (Å²) >= 11 is 1.62. The van der Waals surface area contributed by atoms with Crippen molar-refractivity contribution in [1.82, 2.24) is 4.98 Å². The molecular formula is C13H22N2O2S. The van der Waals surface area contributed by atoms with Crippen molar-refractivity contribution >= 4 is 16.5 Å². The molecule has 1 aliphatic heterocycles. The first kappa shape index (κ1) is 13.8. The molecular weight excluding hydrogens is 248 g/mol. The molecule has 4 nitrogen and oxygen atoms in total. The molecule has 0 amide bonds. The predicted molar refractivity (Wildman–Crippen MR) is 74.3 cm³/mol. The van der Waals surface area contributed by atoms with E-state index < -0.39 is 0 Å². The normalized spacial score (nSPS) is 19.2. The minimum absolute atomic E-state index is 0.0215. The molecule has 1 aliphatic rings. The van der Waals surface area contributed by atoms with Gasteiger partial charge in [-0.1, -0.05) is 24.7 Å². The van der Waals surface area contributed by atoms with Crippen molar-refractivity contribution in [1.29, 1.82) is 0 Å². The Labute approximate surface area is 113 Å². The van der Waals surface area contributed by atoms with E-state index in [2.05, 4.69) is 25.7 Å². The van der Waals surface area contributed by atoms with E-state index in [9.17, 15) is 5.11 Å². The van der Waals surface area contributed by atoms with Gasteiger partial charge in [0.1, 0.15) is 0 Å². The van der Waals surface area contributed by atoms with E-state index in [1.807, 2.05) is 0 Å². The van der Waals surface area contributed by atoms with Crippen LogP contribution in [0.2, 0.25) is 0 Å². The number of rotatable bonds is 4. The average Bonchev–Trinajstić information content (AvgIpc) is 2.72. The number of anilines is 1. The van der Waals surface area contributed by atoms with Crippen molar-refractivity contribution in [2.75, 3.05) is 24.7 Å². The Morgan fingerprint density at radius 3 is 2.89 bits per heavy atom. The van der Waals surface area contributed by atoms with Gasteiger partial charge in [-0.05, 0) is 20.3 Å². The molecule has 0 bridgehead atoms. The zero-order chi connectivity index (χ0) is 13.2. The fraction of sp³-hybridized carbons (Fsp3) is 0.769. The Balaban J connectivity index is 2.26. The molecule has 0 atom stereocenters. The summed E-state index contributed by atoms with van der Waals surface area (Å²) in [5, 5.41) is 10.4. The van der Waals surface area contributed by atoms with Crippen LogP contribution in [0.4, 0.5) is 5.13 Å². The lowest BCUT2D eigenvalue weighted by Crippen LogP contribution is -2.53. The van der Waals surface area contributed by atoms with Crippen LogP contribution >= 0.6 is 11.3 Å². The van der Waals surface area contributed by atoms with Crippen LogP contribution in [0.15, 0.2) is 0 Å². The molecule has 102 valence electrons. The Bertz CT molecular complexity index is 404. The molecule has 0 saturated carbocycles. The molecule has 0 radical (unpaired) electrons. The third-order valence-corrected chi connectivity index (χ3v) is 4.38.